The predicted octanol–water partition coefficient (Wildman–Crippen LogP) is 3.84. The van der Waals surface area contributed by atoms with Crippen LogP contribution in [0.15, 0.2) is 11.7 Å². The van der Waals surface area contributed by atoms with Gasteiger partial charge in [0, 0.05) is 19.3 Å². The second kappa shape index (κ2) is 6.96. The van der Waals surface area contributed by atoms with Crippen LogP contribution >= 0.6 is 11.3 Å². The average Bonchev–Trinajstić information content (AvgIpc) is 2.97. The molecule has 0 radical (unpaired) electrons. The summed E-state index contributed by atoms with van der Waals surface area (Å²) in [5.41, 5.74) is 1.24. The highest BCUT2D eigenvalue weighted by Gasteiger charge is 2.36. The molecule has 0 saturated carbocycles. The maximum atomic E-state index is 12.1. The normalized spacial score (nSPS) is 18.3. The Labute approximate surface area is 136 Å². The van der Waals surface area contributed by atoms with E-state index < -0.39 is 5.60 Å². The quantitative estimate of drug-likeness (QED) is 0.843. The summed E-state index contributed by atoms with van der Waals surface area (Å²) in [6.45, 7) is 9.80. The third kappa shape index (κ3) is 4.68. The molecule has 22 heavy (non-hydrogen) atoms. The van der Waals surface area contributed by atoms with Crippen LogP contribution < -0.4 is 0 Å². The molecule has 0 N–H and O–H groups in total. The molecule has 0 unspecified atom stereocenters. The minimum absolute atomic E-state index is 0.136. The highest BCUT2D eigenvalue weighted by atomic mass is 32.1. The van der Waals surface area contributed by atoms with Crippen molar-refractivity contribution in [1.82, 2.24) is 9.88 Å². The Morgan fingerprint density at radius 1 is 1.41 bits per heavy atom. The lowest BCUT2D eigenvalue weighted by molar-refractivity contribution is -0.0947. The van der Waals surface area contributed by atoms with Crippen molar-refractivity contribution >= 4 is 17.4 Å². The monoisotopic (exact) mass is 326 g/mol. The largest absolute Gasteiger partial charge is 0.444 e. The Morgan fingerprint density at radius 2 is 2.09 bits per heavy atom. The molecule has 0 atom stereocenters. The van der Waals surface area contributed by atoms with Crippen LogP contribution in [0, 0.1) is 0 Å². The van der Waals surface area contributed by atoms with E-state index in [2.05, 4.69) is 11.9 Å². The van der Waals surface area contributed by atoms with E-state index in [4.69, 9.17) is 9.47 Å². The van der Waals surface area contributed by atoms with Crippen LogP contribution in [0.1, 0.15) is 51.8 Å². The van der Waals surface area contributed by atoms with Crippen LogP contribution in [0.3, 0.4) is 0 Å². The van der Waals surface area contributed by atoms with Gasteiger partial charge in [-0.3, -0.25) is 4.98 Å². The first-order valence-corrected chi connectivity index (χ1v) is 8.71. The number of hydrogen-bond donors (Lipinski definition) is 0. The van der Waals surface area contributed by atoms with Crippen molar-refractivity contribution < 1.29 is 14.3 Å². The molecule has 0 spiro atoms. The molecule has 0 bridgehead atoms. The molecule has 1 aliphatic rings. The third-order valence-corrected chi connectivity index (χ3v) is 4.73. The summed E-state index contributed by atoms with van der Waals surface area (Å²) in [4.78, 5) is 19.1. The molecule has 1 fully saturated rings. The lowest BCUT2D eigenvalue weighted by Gasteiger charge is -2.41. The SMILES string of the molecule is CCC1(OCc2cncs2)CCN(C(=O)OC(C)(C)C)CC1. The molecule has 1 saturated heterocycles. The molecular weight excluding hydrogens is 300 g/mol. The summed E-state index contributed by atoms with van der Waals surface area (Å²) < 4.78 is 11.6. The van der Waals surface area contributed by atoms with Gasteiger partial charge >= 0.3 is 6.09 Å². The first kappa shape index (κ1) is 17.2. The number of piperidine rings is 1. The molecular formula is C16H26N2O3S. The van der Waals surface area contributed by atoms with Crippen molar-refractivity contribution in [2.24, 2.45) is 0 Å². The summed E-state index contributed by atoms with van der Waals surface area (Å²) >= 11 is 1.61. The van der Waals surface area contributed by atoms with Gasteiger partial charge in [-0.25, -0.2) is 4.79 Å². The first-order chi connectivity index (χ1) is 10.3. The van der Waals surface area contributed by atoms with E-state index in [0.29, 0.717) is 19.7 Å². The van der Waals surface area contributed by atoms with Crippen LogP contribution in [0.25, 0.3) is 0 Å². The smallest absolute Gasteiger partial charge is 0.410 e. The van der Waals surface area contributed by atoms with Gasteiger partial charge in [-0.2, -0.15) is 0 Å². The molecule has 2 rings (SSSR count). The number of carbonyl (C=O) groups excluding carboxylic acids is 1. The summed E-state index contributed by atoms with van der Waals surface area (Å²) in [6, 6.07) is 0. The third-order valence-electron chi connectivity index (χ3n) is 3.97. The summed E-state index contributed by atoms with van der Waals surface area (Å²) in [7, 11) is 0. The summed E-state index contributed by atoms with van der Waals surface area (Å²) in [5, 5.41) is 0. The van der Waals surface area contributed by atoms with Gasteiger partial charge in [0.25, 0.3) is 0 Å². The molecule has 0 aromatic carbocycles. The Bertz CT molecular complexity index is 474. The maximum absolute atomic E-state index is 12.1. The van der Waals surface area contributed by atoms with Gasteiger partial charge in [0.05, 0.1) is 22.6 Å². The molecule has 1 amide bonds. The maximum Gasteiger partial charge on any atom is 0.410 e. The average molecular weight is 326 g/mol. The molecule has 1 aliphatic heterocycles. The Kier molecular flexibility index (Phi) is 5.45. The van der Waals surface area contributed by atoms with E-state index in [9.17, 15) is 4.79 Å². The number of likely N-dealkylation sites (tertiary alicyclic amines) is 1. The van der Waals surface area contributed by atoms with E-state index in [1.165, 1.54) is 0 Å². The van der Waals surface area contributed by atoms with Gasteiger partial charge < -0.3 is 14.4 Å². The van der Waals surface area contributed by atoms with E-state index in [1.54, 1.807) is 16.2 Å². The van der Waals surface area contributed by atoms with Crippen molar-refractivity contribution in [2.45, 2.75) is 64.8 Å². The fourth-order valence-corrected chi connectivity index (χ4v) is 3.07. The highest BCUT2D eigenvalue weighted by Crippen LogP contribution is 2.31. The number of aromatic nitrogens is 1. The second-order valence-corrected chi connectivity index (χ2v) is 7.73. The minimum Gasteiger partial charge on any atom is -0.444 e. The van der Waals surface area contributed by atoms with Crippen LogP contribution in [0.5, 0.6) is 0 Å². The zero-order chi connectivity index (χ0) is 16.2. The molecule has 5 nitrogen and oxygen atoms in total. The Balaban J connectivity index is 1.86. The van der Waals surface area contributed by atoms with Crippen molar-refractivity contribution in [1.29, 1.82) is 0 Å². The molecule has 124 valence electrons. The minimum atomic E-state index is -0.445. The zero-order valence-electron chi connectivity index (χ0n) is 13.9. The van der Waals surface area contributed by atoms with Crippen molar-refractivity contribution in [3.05, 3.63) is 16.6 Å². The zero-order valence-corrected chi connectivity index (χ0v) is 14.7. The van der Waals surface area contributed by atoms with Gasteiger partial charge in [-0.05, 0) is 40.0 Å². The van der Waals surface area contributed by atoms with Gasteiger partial charge in [-0.1, -0.05) is 6.92 Å². The fourth-order valence-electron chi connectivity index (χ4n) is 2.56. The highest BCUT2D eigenvalue weighted by molar-refractivity contribution is 7.09. The van der Waals surface area contributed by atoms with Crippen LogP contribution in [0.2, 0.25) is 0 Å². The van der Waals surface area contributed by atoms with Crippen LogP contribution in [-0.2, 0) is 16.1 Å². The van der Waals surface area contributed by atoms with Gasteiger partial charge in [0.2, 0.25) is 0 Å². The van der Waals surface area contributed by atoms with Crippen LogP contribution in [-0.4, -0.2) is 40.3 Å². The van der Waals surface area contributed by atoms with Crippen molar-refractivity contribution in [2.75, 3.05) is 13.1 Å². The van der Waals surface area contributed by atoms with E-state index in [0.717, 1.165) is 24.1 Å². The number of ether oxygens (including phenoxy) is 2. The predicted molar refractivity (Wildman–Crippen MR) is 87.0 cm³/mol. The van der Waals surface area contributed by atoms with E-state index in [1.807, 2.05) is 32.5 Å². The molecule has 6 heteroatoms. The lowest BCUT2D eigenvalue weighted by atomic mass is 9.88. The number of thiazole rings is 1. The number of rotatable bonds is 4. The van der Waals surface area contributed by atoms with Crippen molar-refractivity contribution in [3.63, 3.8) is 0 Å². The number of amides is 1. The van der Waals surface area contributed by atoms with Gasteiger partial charge in [0.1, 0.15) is 5.60 Å². The summed E-state index contributed by atoms with van der Waals surface area (Å²) in [6.07, 6.45) is 4.28. The van der Waals surface area contributed by atoms with Crippen molar-refractivity contribution in [3.8, 4) is 0 Å². The fraction of sp³-hybridized carbons (Fsp3) is 0.750. The number of carbonyl (C=O) groups is 1. The topological polar surface area (TPSA) is 51.7 Å². The standard InChI is InChI=1S/C16H26N2O3S/c1-5-16(20-11-13-10-17-12-22-13)6-8-18(9-7-16)14(19)21-15(2,3)4/h10,12H,5-9,11H2,1-4H3. The summed E-state index contributed by atoms with van der Waals surface area (Å²) in [5.74, 6) is 0. The Hall–Kier alpha value is -1.14. The van der Waals surface area contributed by atoms with Gasteiger partial charge in [0.15, 0.2) is 0 Å². The molecule has 1 aromatic rings. The molecule has 0 aliphatic carbocycles. The number of nitrogens with zero attached hydrogens (tertiary/aromatic N) is 2. The first-order valence-electron chi connectivity index (χ1n) is 7.83. The lowest BCUT2D eigenvalue weighted by Crippen LogP contribution is -2.49. The second-order valence-electron chi connectivity index (χ2n) is 6.76. The van der Waals surface area contributed by atoms with Gasteiger partial charge in [-0.15, -0.1) is 11.3 Å². The molecule has 1 aromatic heterocycles. The van der Waals surface area contributed by atoms with Crippen LogP contribution in [0.4, 0.5) is 4.79 Å². The molecule has 2 heterocycles. The Morgan fingerprint density at radius 3 is 2.59 bits per heavy atom. The van der Waals surface area contributed by atoms with E-state index in [-0.39, 0.29) is 11.7 Å². The number of hydrogen-bond acceptors (Lipinski definition) is 5. The van der Waals surface area contributed by atoms with E-state index >= 15 is 0 Å².